The third-order valence-corrected chi connectivity index (χ3v) is 6.49. The highest BCUT2D eigenvalue weighted by atomic mass is 19.3. The van der Waals surface area contributed by atoms with Crippen molar-refractivity contribution in [3.05, 3.63) is 83.2 Å². The van der Waals surface area contributed by atoms with Crippen LogP contribution in [0.2, 0.25) is 0 Å². The van der Waals surface area contributed by atoms with Crippen LogP contribution in [0.4, 0.5) is 19.4 Å². The zero-order valence-electron chi connectivity index (χ0n) is 23.2. The predicted octanol–water partition coefficient (Wildman–Crippen LogP) is 5.26. The molecule has 2 aromatic carbocycles. The summed E-state index contributed by atoms with van der Waals surface area (Å²) in [6, 6.07) is 14.3. The third-order valence-electron chi connectivity index (χ3n) is 6.49. The molecular formula is C29H32F2N6O4. The van der Waals surface area contributed by atoms with Crippen molar-refractivity contribution in [3.63, 3.8) is 0 Å². The van der Waals surface area contributed by atoms with Crippen molar-refractivity contribution in [2.24, 2.45) is 7.05 Å². The number of para-hydroxylation sites is 1. The number of hydrogen-bond donors (Lipinski definition) is 3. The smallest absolute Gasteiger partial charge is 0.320 e. The predicted molar refractivity (Wildman–Crippen MR) is 149 cm³/mol. The molecule has 10 nitrogen and oxygen atoms in total. The number of aliphatic carboxylic acids is 1. The number of carbonyl (C=O) groups is 2. The number of benzene rings is 2. The highest BCUT2D eigenvalue weighted by Crippen LogP contribution is 2.56. The summed E-state index contributed by atoms with van der Waals surface area (Å²) in [6.45, 7) is 3.41. The number of aryl methyl sites for hydroxylation is 1. The molecule has 216 valence electrons. The number of alkyl halides is 2. The van der Waals surface area contributed by atoms with Gasteiger partial charge in [-0.15, -0.1) is 0 Å². The lowest BCUT2D eigenvalue weighted by atomic mass is 10.00. The molecule has 0 spiro atoms. The molecule has 1 saturated carbocycles. The van der Waals surface area contributed by atoms with Gasteiger partial charge in [-0.05, 0) is 35.7 Å². The van der Waals surface area contributed by atoms with Crippen LogP contribution in [0.15, 0.2) is 60.9 Å². The number of nitrogens with one attached hydrogen (secondary N) is 2. The standard InChI is InChI=1S/C27H28F2N6O2.C2H4O2/c1-17-24(20-14-31-34(2)15-20)33-35(21-7-5-4-6-8-21)25(17)32-26(36)30-13-19-11-18(16-37-3)9-10-22(19)23-12-27(23,28)29;1-2(3)4/h4-11,14-15,23H,12-13,16H2,1-3H3,(H2,30,32,36);1H3,(H,3,4). The Morgan fingerprint density at radius 3 is 2.46 bits per heavy atom. The number of methoxy groups -OCH3 is 1. The summed E-state index contributed by atoms with van der Waals surface area (Å²) in [5.41, 5.74) is 5.12. The summed E-state index contributed by atoms with van der Waals surface area (Å²) < 4.78 is 36.3. The maximum absolute atomic E-state index is 13.9. The van der Waals surface area contributed by atoms with Crippen molar-refractivity contribution in [3.8, 4) is 16.9 Å². The Bertz CT molecular complexity index is 1530. The molecule has 2 heterocycles. The largest absolute Gasteiger partial charge is 0.481 e. The van der Waals surface area contributed by atoms with Crippen LogP contribution in [-0.2, 0) is 29.7 Å². The normalized spacial score (nSPS) is 15.0. The van der Waals surface area contributed by atoms with Gasteiger partial charge in [-0.3, -0.25) is 14.8 Å². The monoisotopic (exact) mass is 566 g/mol. The number of ether oxygens (including phenoxy) is 1. The van der Waals surface area contributed by atoms with E-state index in [2.05, 4.69) is 15.7 Å². The molecule has 2 amide bonds. The van der Waals surface area contributed by atoms with Crippen LogP contribution in [0.25, 0.3) is 16.9 Å². The van der Waals surface area contributed by atoms with Crippen LogP contribution < -0.4 is 10.6 Å². The number of nitrogens with zero attached hydrogens (tertiary/aromatic N) is 4. The molecule has 3 N–H and O–H groups in total. The Morgan fingerprint density at radius 2 is 1.88 bits per heavy atom. The molecule has 2 aromatic heterocycles. The Hall–Kier alpha value is -4.58. The molecule has 0 radical (unpaired) electrons. The Labute approximate surface area is 235 Å². The van der Waals surface area contributed by atoms with Crippen LogP contribution >= 0.6 is 0 Å². The van der Waals surface area contributed by atoms with Gasteiger partial charge in [0.25, 0.3) is 11.9 Å². The van der Waals surface area contributed by atoms with Gasteiger partial charge >= 0.3 is 6.03 Å². The van der Waals surface area contributed by atoms with Gasteiger partial charge in [-0.2, -0.15) is 10.2 Å². The van der Waals surface area contributed by atoms with E-state index in [-0.39, 0.29) is 13.0 Å². The van der Waals surface area contributed by atoms with Gasteiger partial charge in [-0.25, -0.2) is 18.3 Å². The van der Waals surface area contributed by atoms with Crippen LogP contribution in [0.3, 0.4) is 0 Å². The Balaban J connectivity index is 0.000000909. The fraction of sp³-hybridized carbons (Fsp3) is 0.310. The highest BCUT2D eigenvalue weighted by molar-refractivity contribution is 5.90. The second-order valence-electron chi connectivity index (χ2n) is 9.78. The van der Waals surface area contributed by atoms with Crippen LogP contribution in [-0.4, -0.2) is 49.7 Å². The third kappa shape index (κ3) is 7.14. The molecule has 1 atom stereocenters. The van der Waals surface area contributed by atoms with E-state index in [1.165, 1.54) is 0 Å². The first-order valence-electron chi connectivity index (χ1n) is 12.9. The van der Waals surface area contributed by atoms with Gasteiger partial charge < -0.3 is 15.2 Å². The molecule has 1 aliphatic rings. The lowest BCUT2D eigenvalue weighted by Gasteiger charge is -2.14. The number of carboxylic acid groups (broad SMARTS) is 1. The van der Waals surface area contributed by atoms with Crippen LogP contribution in [0.1, 0.15) is 41.5 Å². The van der Waals surface area contributed by atoms with Gasteiger partial charge in [0.05, 0.1) is 24.4 Å². The van der Waals surface area contributed by atoms with E-state index < -0.39 is 23.8 Å². The lowest BCUT2D eigenvalue weighted by Crippen LogP contribution is -2.30. The average Bonchev–Trinajstić information content (AvgIpc) is 3.19. The number of rotatable bonds is 8. The first-order chi connectivity index (χ1) is 19.5. The van der Waals surface area contributed by atoms with E-state index in [1.807, 2.05) is 56.6 Å². The number of halogens is 2. The van der Waals surface area contributed by atoms with Crippen molar-refractivity contribution in [2.45, 2.75) is 45.3 Å². The van der Waals surface area contributed by atoms with E-state index >= 15 is 0 Å². The second kappa shape index (κ2) is 12.3. The summed E-state index contributed by atoms with van der Waals surface area (Å²) in [4.78, 5) is 22.1. The van der Waals surface area contributed by atoms with Gasteiger partial charge in [0.1, 0.15) is 11.5 Å². The molecule has 0 aliphatic heterocycles. The van der Waals surface area contributed by atoms with Gasteiger partial charge in [0.15, 0.2) is 0 Å². The fourth-order valence-electron chi connectivity index (χ4n) is 4.50. The van der Waals surface area contributed by atoms with Crippen molar-refractivity contribution in [1.29, 1.82) is 0 Å². The lowest BCUT2D eigenvalue weighted by molar-refractivity contribution is -0.134. The first-order valence-corrected chi connectivity index (χ1v) is 12.9. The molecular weight excluding hydrogens is 534 g/mol. The average molecular weight is 567 g/mol. The topological polar surface area (TPSA) is 123 Å². The first kappa shape index (κ1) is 29.4. The van der Waals surface area contributed by atoms with Gasteiger partial charge in [0.2, 0.25) is 0 Å². The molecule has 0 saturated heterocycles. The van der Waals surface area contributed by atoms with E-state index in [1.54, 1.807) is 34.8 Å². The summed E-state index contributed by atoms with van der Waals surface area (Å²) in [5, 5.41) is 22.1. The van der Waals surface area contributed by atoms with E-state index in [0.29, 0.717) is 29.2 Å². The van der Waals surface area contributed by atoms with Crippen LogP contribution in [0.5, 0.6) is 0 Å². The minimum absolute atomic E-state index is 0.0965. The number of carboxylic acids is 1. The maximum Gasteiger partial charge on any atom is 0.320 e. The summed E-state index contributed by atoms with van der Waals surface area (Å²) >= 11 is 0. The zero-order chi connectivity index (χ0) is 29.7. The number of aromatic nitrogens is 4. The summed E-state index contributed by atoms with van der Waals surface area (Å²) in [7, 11) is 3.40. The Kier molecular flexibility index (Phi) is 8.82. The molecule has 1 fully saturated rings. The quantitative estimate of drug-likeness (QED) is 0.267. The number of urea groups is 1. The maximum atomic E-state index is 13.9. The molecule has 41 heavy (non-hydrogen) atoms. The van der Waals surface area contributed by atoms with Crippen molar-refractivity contribution in [1.82, 2.24) is 24.9 Å². The molecule has 1 unspecified atom stereocenters. The van der Waals surface area contributed by atoms with Crippen molar-refractivity contribution in [2.75, 3.05) is 12.4 Å². The minimum atomic E-state index is -2.71. The van der Waals surface area contributed by atoms with E-state index in [0.717, 1.165) is 29.3 Å². The SMILES string of the molecule is CC(=O)O.COCc1ccc(C2CC2(F)F)c(CNC(=O)Nc2c(C)c(-c3cnn(C)c3)nn2-c2ccccc2)c1. The van der Waals surface area contributed by atoms with Gasteiger partial charge in [0, 0.05) is 51.4 Å². The van der Waals surface area contributed by atoms with Crippen LogP contribution in [0, 0.1) is 6.92 Å². The molecule has 0 bridgehead atoms. The summed E-state index contributed by atoms with van der Waals surface area (Å²) in [5.74, 6) is -3.86. The highest BCUT2D eigenvalue weighted by Gasteiger charge is 2.58. The second-order valence-corrected chi connectivity index (χ2v) is 9.78. The molecule has 4 aromatic rings. The number of anilines is 1. The molecule has 1 aliphatic carbocycles. The van der Waals surface area contributed by atoms with Gasteiger partial charge in [-0.1, -0.05) is 36.4 Å². The number of carbonyl (C=O) groups excluding carboxylic acids is 1. The molecule has 12 heteroatoms. The number of amides is 2. The molecule has 5 rings (SSSR count). The minimum Gasteiger partial charge on any atom is -0.481 e. The fourth-order valence-corrected chi connectivity index (χ4v) is 4.50. The van der Waals surface area contributed by atoms with Crippen molar-refractivity contribution >= 4 is 17.8 Å². The Morgan fingerprint density at radius 1 is 1.20 bits per heavy atom. The van der Waals surface area contributed by atoms with E-state index in [4.69, 9.17) is 19.7 Å². The van der Waals surface area contributed by atoms with Crippen molar-refractivity contribution < 1.29 is 28.2 Å². The summed E-state index contributed by atoms with van der Waals surface area (Å²) in [6.07, 6.45) is 3.40. The number of hydrogen-bond acceptors (Lipinski definition) is 5. The zero-order valence-corrected chi connectivity index (χ0v) is 23.2. The van der Waals surface area contributed by atoms with E-state index in [9.17, 15) is 13.6 Å².